The van der Waals surface area contributed by atoms with Gasteiger partial charge in [0, 0.05) is 17.6 Å². The average molecular weight is 303 g/mol. The molecular weight excluding hydrogens is 282 g/mol. The van der Waals surface area contributed by atoms with E-state index in [0.717, 1.165) is 30.8 Å². The summed E-state index contributed by atoms with van der Waals surface area (Å²) >= 11 is 1.46. The van der Waals surface area contributed by atoms with E-state index in [0.29, 0.717) is 0 Å². The first kappa shape index (κ1) is 14.9. The predicted octanol–water partition coefficient (Wildman–Crippen LogP) is 1.44. The van der Waals surface area contributed by atoms with Gasteiger partial charge in [-0.25, -0.2) is 18.1 Å². The Bertz CT molecular complexity index is 491. The van der Waals surface area contributed by atoms with Crippen molar-refractivity contribution in [1.29, 1.82) is 0 Å². The second-order valence-electron chi connectivity index (χ2n) is 5.49. The van der Waals surface area contributed by atoms with Crippen LogP contribution in [0.3, 0.4) is 0 Å². The summed E-state index contributed by atoms with van der Waals surface area (Å²) in [5, 5.41) is 5.90. The Morgan fingerprint density at radius 2 is 2.32 bits per heavy atom. The normalized spacial score (nSPS) is 21.5. The number of sulfonamides is 1. The van der Waals surface area contributed by atoms with Crippen molar-refractivity contribution in [2.24, 2.45) is 0 Å². The largest absolute Gasteiger partial charge is 0.313 e. The fourth-order valence-electron chi connectivity index (χ4n) is 2.34. The Morgan fingerprint density at radius 3 is 2.89 bits per heavy atom. The number of aromatic nitrogens is 1. The van der Waals surface area contributed by atoms with E-state index in [2.05, 4.69) is 15.0 Å². The third kappa shape index (κ3) is 4.24. The van der Waals surface area contributed by atoms with Gasteiger partial charge >= 0.3 is 0 Å². The minimum absolute atomic E-state index is 0.0679. The highest BCUT2D eigenvalue weighted by Crippen LogP contribution is 2.23. The predicted molar refractivity (Wildman–Crippen MR) is 77.7 cm³/mol. The molecule has 0 amide bonds. The maximum absolute atomic E-state index is 12.2. The van der Waals surface area contributed by atoms with Crippen molar-refractivity contribution in [2.45, 2.75) is 44.7 Å². The summed E-state index contributed by atoms with van der Waals surface area (Å²) in [7, 11) is -3.31. The van der Waals surface area contributed by atoms with Crippen LogP contribution < -0.4 is 10.0 Å². The first-order valence-electron chi connectivity index (χ1n) is 6.54. The van der Waals surface area contributed by atoms with E-state index < -0.39 is 15.6 Å². The fourth-order valence-corrected chi connectivity index (χ4v) is 4.89. The van der Waals surface area contributed by atoms with E-state index in [1.54, 1.807) is 6.20 Å². The lowest BCUT2D eigenvalue weighted by atomic mass is 10.1. The third-order valence-electron chi connectivity index (χ3n) is 3.21. The molecule has 0 bridgehead atoms. The third-order valence-corrected chi connectivity index (χ3v) is 5.97. The summed E-state index contributed by atoms with van der Waals surface area (Å²) < 4.78 is 27.2. The van der Waals surface area contributed by atoms with Crippen molar-refractivity contribution >= 4 is 21.4 Å². The summed E-state index contributed by atoms with van der Waals surface area (Å²) in [5.74, 6) is 0.141. The molecule has 2 heterocycles. The minimum Gasteiger partial charge on any atom is -0.313 e. The van der Waals surface area contributed by atoms with Crippen molar-refractivity contribution in [1.82, 2.24) is 15.0 Å². The zero-order valence-electron chi connectivity index (χ0n) is 11.3. The summed E-state index contributed by atoms with van der Waals surface area (Å²) in [5.41, 5.74) is -0.651. The number of nitrogens with zero attached hydrogens (tertiary/aromatic N) is 1. The lowest BCUT2D eigenvalue weighted by Crippen LogP contribution is -2.47. The van der Waals surface area contributed by atoms with Crippen LogP contribution in [0.5, 0.6) is 0 Å². The van der Waals surface area contributed by atoms with Gasteiger partial charge in [-0.15, -0.1) is 11.3 Å². The summed E-state index contributed by atoms with van der Waals surface area (Å²) in [4.78, 5) is 4.19. The van der Waals surface area contributed by atoms with Crippen molar-refractivity contribution in [2.75, 3.05) is 12.3 Å². The van der Waals surface area contributed by atoms with E-state index >= 15 is 0 Å². The highest BCUT2D eigenvalue weighted by molar-refractivity contribution is 7.89. The van der Waals surface area contributed by atoms with Gasteiger partial charge in [0.1, 0.15) is 5.01 Å². The maximum atomic E-state index is 12.2. The Labute approximate surface area is 118 Å². The van der Waals surface area contributed by atoms with Crippen molar-refractivity contribution in [3.8, 4) is 0 Å². The zero-order valence-corrected chi connectivity index (χ0v) is 13.0. The number of thiazole rings is 1. The average Bonchev–Trinajstić information content (AvgIpc) is 2.81. The van der Waals surface area contributed by atoms with Crippen LogP contribution >= 0.6 is 11.3 Å². The van der Waals surface area contributed by atoms with Crippen LogP contribution in [-0.4, -0.2) is 31.7 Å². The van der Waals surface area contributed by atoms with Crippen LogP contribution in [0.1, 0.15) is 38.1 Å². The molecule has 2 N–H and O–H groups in total. The number of nitrogens with one attached hydrogen (secondary N) is 2. The molecular formula is C12H21N3O2S2. The van der Waals surface area contributed by atoms with Crippen molar-refractivity contribution < 1.29 is 8.42 Å². The first-order chi connectivity index (χ1) is 8.89. The van der Waals surface area contributed by atoms with E-state index in [1.165, 1.54) is 11.3 Å². The van der Waals surface area contributed by atoms with Gasteiger partial charge < -0.3 is 5.32 Å². The molecule has 108 valence electrons. The van der Waals surface area contributed by atoms with Gasteiger partial charge in [0.05, 0.1) is 11.3 Å². The molecule has 1 fully saturated rings. The molecule has 5 nitrogen and oxygen atoms in total. The minimum atomic E-state index is -3.31. The number of hydrogen-bond acceptors (Lipinski definition) is 5. The lowest BCUT2D eigenvalue weighted by molar-refractivity contribution is 0.415. The van der Waals surface area contributed by atoms with Crippen LogP contribution in [-0.2, 0) is 15.6 Å². The monoisotopic (exact) mass is 303 g/mol. The molecule has 1 saturated heterocycles. The summed E-state index contributed by atoms with van der Waals surface area (Å²) in [6.07, 6.45) is 4.86. The van der Waals surface area contributed by atoms with Gasteiger partial charge in [-0.2, -0.15) is 0 Å². The Morgan fingerprint density at radius 1 is 1.53 bits per heavy atom. The van der Waals surface area contributed by atoms with Gasteiger partial charge in [0.2, 0.25) is 10.0 Å². The Hall–Kier alpha value is -0.500. The number of rotatable bonds is 5. The van der Waals surface area contributed by atoms with Crippen LogP contribution in [0.25, 0.3) is 0 Å². The number of hydrogen-bond donors (Lipinski definition) is 2. The number of piperidine rings is 1. The molecule has 1 unspecified atom stereocenters. The van der Waals surface area contributed by atoms with Gasteiger partial charge in [0.15, 0.2) is 0 Å². The highest BCUT2D eigenvalue weighted by Gasteiger charge is 2.30. The molecule has 2 rings (SSSR count). The molecule has 0 aliphatic carbocycles. The lowest BCUT2D eigenvalue weighted by Gasteiger charge is -2.27. The molecule has 0 saturated carbocycles. The second kappa shape index (κ2) is 5.87. The standard InChI is InChI=1S/C12H21N3O2S2/c1-12(2,11-14-7-8-18-11)15-19(16,17)9-10-5-3-4-6-13-10/h7-8,10,13,15H,3-6,9H2,1-2H3. The van der Waals surface area contributed by atoms with E-state index in [4.69, 9.17) is 0 Å². The van der Waals surface area contributed by atoms with Crippen LogP contribution in [0, 0.1) is 0 Å². The SMILES string of the molecule is CC(C)(NS(=O)(=O)CC1CCCCN1)c1nccs1. The Kier molecular flexibility index (Phi) is 4.60. The smallest absolute Gasteiger partial charge is 0.214 e. The quantitative estimate of drug-likeness (QED) is 0.863. The van der Waals surface area contributed by atoms with Crippen molar-refractivity contribution in [3.05, 3.63) is 16.6 Å². The van der Waals surface area contributed by atoms with Gasteiger partial charge in [-0.1, -0.05) is 6.42 Å². The zero-order chi connectivity index (χ0) is 13.9. The molecule has 7 heteroatoms. The first-order valence-corrected chi connectivity index (χ1v) is 9.07. The van der Waals surface area contributed by atoms with E-state index in [1.807, 2.05) is 19.2 Å². The fraction of sp³-hybridized carbons (Fsp3) is 0.750. The molecule has 19 heavy (non-hydrogen) atoms. The molecule has 1 aromatic rings. The van der Waals surface area contributed by atoms with Crippen molar-refractivity contribution in [3.63, 3.8) is 0 Å². The van der Waals surface area contributed by atoms with Crippen LogP contribution in [0.2, 0.25) is 0 Å². The van der Waals surface area contributed by atoms with Gasteiger partial charge in [-0.3, -0.25) is 0 Å². The molecule has 0 aromatic carbocycles. The molecule has 1 atom stereocenters. The topological polar surface area (TPSA) is 71.1 Å². The second-order valence-corrected chi connectivity index (χ2v) is 8.15. The van der Waals surface area contributed by atoms with Crippen LogP contribution in [0.15, 0.2) is 11.6 Å². The summed E-state index contributed by atoms with van der Waals surface area (Å²) in [6, 6.07) is 0.0679. The maximum Gasteiger partial charge on any atom is 0.214 e. The van der Waals surface area contributed by atoms with Crippen LogP contribution in [0.4, 0.5) is 0 Å². The van der Waals surface area contributed by atoms with E-state index in [-0.39, 0.29) is 11.8 Å². The molecule has 0 spiro atoms. The van der Waals surface area contributed by atoms with Gasteiger partial charge in [0.25, 0.3) is 0 Å². The molecule has 1 aliphatic rings. The Balaban J connectivity index is 2.00. The highest BCUT2D eigenvalue weighted by atomic mass is 32.2. The van der Waals surface area contributed by atoms with E-state index in [9.17, 15) is 8.42 Å². The van der Waals surface area contributed by atoms with Gasteiger partial charge in [-0.05, 0) is 33.2 Å². The molecule has 0 radical (unpaired) electrons. The molecule has 1 aromatic heterocycles. The summed E-state index contributed by atoms with van der Waals surface area (Å²) in [6.45, 7) is 4.60. The molecule has 1 aliphatic heterocycles.